The summed E-state index contributed by atoms with van der Waals surface area (Å²) in [6, 6.07) is 15.1. The second kappa shape index (κ2) is 15.7. The predicted octanol–water partition coefficient (Wildman–Crippen LogP) is 5.14. The zero-order chi connectivity index (χ0) is 30.6. The van der Waals surface area contributed by atoms with Gasteiger partial charge in [0.15, 0.2) is 0 Å². The number of nitrogens with one attached hydrogen (secondary N) is 2. The Kier molecular flexibility index (Phi) is 12.1. The highest BCUT2D eigenvalue weighted by molar-refractivity contribution is 6.00. The molecule has 0 aliphatic rings. The lowest BCUT2D eigenvalue weighted by Crippen LogP contribution is -2.48. The van der Waals surface area contributed by atoms with E-state index in [1.807, 2.05) is 18.2 Å². The normalized spacial score (nSPS) is 12.3. The molecule has 3 aromatic rings. The van der Waals surface area contributed by atoms with Crippen LogP contribution in [-0.4, -0.2) is 53.6 Å². The van der Waals surface area contributed by atoms with Crippen molar-refractivity contribution in [3.8, 4) is 0 Å². The largest absolute Gasteiger partial charge is 0.390 e. The number of nitrogens with zero attached hydrogens (tertiary/aromatic N) is 1. The van der Waals surface area contributed by atoms with E-state index in [-0.39, 0.29) is 30.0 Å². The first kappa shape index (κ1) is 32.4. The minimum atomic E-state index is -1.09. The lowest BCUT2D eigenvalue weighted by molar-refractivity contribution is 0.0790. The van der Waals surface area contributed by atoms with Gasteiger partial charge in [0.1, 0.15) is 11.6 Å². The summed E-state index contributed by atoms with van der Waals surface area (Å²) in [6.07, 6.45) is 3.03. The van der Waals surface area contributed by atoms with E-state index < -0.39 is 29.7 Å². The molecule has 222 valence electrons. The first-order chi connectivity index (χ1) is 20.1. The van der Waals surface area contributed by atoms with E-state index in [2.05, 4.69) is 36.8 Å². The molecule has 8 heteroatoms. The molecule has 0 saturated carbocycles. The molecule has 42 heavy (non-hydrogen) atoms. The van der Waals surface area contributed by atoms with Crippen LogP contribution in [0.3, 0.4) is 0 Å². The minimum Gasteiger partial charge on any atom is -0.390 e. The van der Waals surface area contributed by atoms with Crippen LogP contribution in [0.15, 0.2) is 86.0 Å². The molecule has 0 unspecified atom stereocenters. The van der Waals surface area contributed by atoms with Crippen LogP contribution in [-0.2, 0) is 19.4 Å². The highest BCUT2D eigenvalue weighted by atomic mass is 19.1. The Labute approximate surface area is 246 Å². The van der Waals surface area contributed by atoms with Gasteiger partial charge in [-0.1, -0.05) is 43.3 Å². The van der Waals surface area contributed by atoms with E-state index >= 15 is 0 Å². The number of rotatable bonds is 15. The molecule has 6 nitrogen and oxygen atoms in total. The molecular weight excluding hydrogens is 536 g/mol. The van der Waals surface area contributed by atoms with Crippen LogP contribution in [0.5, 0.6) is 0 Å². The number of carbonyl (C=O) groups is 2. The summed E-state index contributed by atoms with van der Waals surface area (Å²) >= 11 is 0. The van der Waals surface area contributed by atoms with Gasteiger partial charge in [-0.2, -0.15) is 0 Å². The third kappa shape index (κ3) is 9.46. The van der Waals surface area contributed by atoms with Crippen LogP contribution < -0.4 is 10.6 Å². The average molecular weight is 576 g/mol. The van der Waals surface area contributed by atoms with Gasteiger partial charge in [-0.3, -0.25) is 9.59 Å². The van der Waals surface area contributed by atoms with Crippen LogP contribution in [0.25, 0.3) is 0 Å². The Morgan fingerprint density at radius 2 is 1.57 bits per heavy atom. The van der Waals surface area contributed by atoms with Crippen LogP contribution in [0.1, 0.15) is 49.9 Å². The van der Waals surface area contributed by atoms with E-state index in [1.165, 1.54) is 23.8 Å². The summed E-state index contributed by atoms with van der Waals surface area (Å²) in [6.45, 7) is 12.5. The summed E-state index contributed by atoms with van der Waals surface area (Å²) in [5, 5.41) is 17.2. The Morgan fingerprint density at radius 3 is 2.21 bits per heavy atom. The second-order valence-electron chi connectivity index (χ2n) is 10.3. The molecule has 2 atom stereocenters. The van der Waals surface area contributed by atoms with Gasteiger partial charge in [0.2, 0.25) is 0 Å². The summed E-state index contributed by atoms with van der Waals surface area (Å²) in [5.41, 5.74) is 3.78. The number of carbonyl (C=O) groups excluding carboxylic acids is 2. The fourth-order valence-electron chi connectivity index (χ4n) is 4.76. The SMILES string of the molecule is C=CCN(CC=C)C(=O)c1cc(C)cc(C(=O)N[C@@H](Cc2cc(F)cc(F)c2)[C@H](O)CNCc2cccc(CC)c2)c1. The molecule has 0 aliphatic carbocycles. The number of halogens is 2. The van der Waals surface area contributed by atoms with Gasteiger partial charge in [-0.15, -0.1) is 13.2 Å². The summed E-state index contributed by atoms with van der Waals surface area (Å²) in [5.74, 6) is -2.30. The van der Waals surface area contributed by atoms with Crippen LogP contribution in [0.4, 0.5) is 8.78 Å². The number of hydrogen-bond donors (Lipinski definition) is 3. The topological polar surface area (TPSA) is 81.7 Å². The van der Waals surface area contributed by atoms with Crippen LogP contribution >= 0.6 is 0 Å². The number of aliphatic hydroxyl groups is 1. The monoisotopic (exact) mass is 575 g/mol. The molecule has 0 saturated heterocycles. The molecule has 0 aliphatic heterocycles. The van der Waals surface area contributed by atoms with Crippen molar-refractivity contribution in [2.24, 2.45) is 0 Å². The summed E-state index contributed by atoms with van der Waals surface area (Å²) in [4.78, 5) is 28.1. The van der Waals surface area contributed by atoms with Crippen molar-refractivity contribution >= 4 is 11.8 Å². The van der Waals surface area contributed by atoms with Crippen molar-refractivity contribution in [2.45, 2.75) is 45.4 Å². The lowest BCUT2D eigenvalue weighted by atomic mass is 9.99. The first-order valence-corrected chi connectivity index (χ1v) is 14.0. The van der Waals surface area contributed by atoms with Gasteiger partial charge in [-0.05, 0) is 72.4 Å². The summed E-state index contributed by atoms with van der Waals surface area (Å²) in [7, 11) is 0. The van der Waals surface area contributed by atoms with Gasteiger partial charge in [0.25, 0.3) is 11.8 Å². The maximum Gasteiger partial charge on any atom is 0.254 e. The van der Waals surface area contributed by atoms with Crippen molar-refractivity contribution in [1.29, 1.82) is 0 Å². The van der Waals surface area contributed by atoms with Crippen molar-refractivity contribution in [1.82, 2.24) is 15.5 Å². The maximum atomic E-state index is 13.9. The molecule has 0 bridgehead atoms. The van der Waals surface area contributed by atoms with Gasteiger partial charge in [-0.25, -0.2) is 8.78 Å². The third-order valence-electron chi connectivity index (χ3n) is 6.81. The number of benzene rings is 3. The quantitative estimate of drug-likeness (QED) is 0.219. The van der Waals surface area contributed by atoms with Crippen molar-refractivity contribution < 1.29 is 23.5 Å². The molecular formula is C34H39F2N3O3. The maximum absolute atomic E-state index is 13.9. The zero-order valence-corrected chi connectivity index (χ0v) is 24.2. The first-order valence-electron chi connectivity index (χ1n) is 14.0. The predicted molar refractivity (Wildman–Crippen MR) is 162 cm³/mol. The zero-order valence-electron chi connectivity index (χ0n) is 24.2. The molecule has 0 radical (unpaired) electrons. The van der Waals surface area contributed by atoms with E-state index in [1.54, 1.807) is 36.1 Å². The average Bonchev–Trinajstić information content (AvgIpc) is 2.95. The van der Waals surface area contributed by atoms with Gasteiger partial charge >= 0.3 is 0 Å². The number of amides is 2. The Bertz CT molecular complexity index is 1380. The number of aliphatic hydroxyl groups excluding tert-OH is 1. The molecule has 3 aromatic carbocycles. The molecule has 0 aromatic heterocycles. The van der Waals surface area contributed by atoms with Crippen LogP contribution in [0, 0.1) is 18.6 Å². The highest BCUT2D eigenvalue weighted by Crippen LogP contribution is 2.16. The third-order valence-corrected chi connectivity index (χ3v) is 6.81. The number of aryl methyl sites for hydroxylation is 2. The molecule has 2 amide bonds. The fourth-order valence-corrected chi connectivity index (χ4v) is 4.76. The molecule has 3 N–H and O–H groups in total. The second-order valence-corrected chi connectivity index (χ2v) is 10.3. The molecule has 0 fully saturated rings. The molecule has 0 spiro atoms. The van der Waals surface area contributed by atoms with Crippen LogP contribution in [0.2, 0.25) is 0 Å². The Morgan fingerprint density at radius 1 is 0.929 bits per heavy atom. The number of hydrogen-bond acceptors (Lipinski definition) is 4. The van der Waals surface area contributed by atoms with E-state index in [0.717, 1.165) is 18.1 Å². The van der Waals surface area contributed by atoms with E-state index in [0.29, 0.717) is 30.8 Å². The van der Waals surface area contributed by atoms with Gasteiger partial charge in [0, 0.05) is 43.4 Å². The minimum absolute atomic E-state index is 0.0152. The Hall–Kier alpha value is -4.14. The smallest absolute Gasteiger partial charge is 0.254 e. The molecule has 0 heterocycles. The lowest BCUT2D eigenvalue weighted by Gasteiger charge is -2.25. The standard InChI is InChI=1S/C34H39F2N3O3/c1-5-11-39(12-6-2)34(42)28-14-23(4)13-27(19-28)33(41)38-31(18-26-16-29(35)20-30(36)17-26)32(40)22-37-21-25-10-8-9-24(7-3)15-25/h5-6,8-10,13-17,19-20,31-32,37,40H,1-2,7,11-12,18,21-22H2,3-4H3,(H,38,41)/t31-,32+/m0/s1. The van der Waals surface area contributed by atoms with E-state index in [4.69, 9.17) is 0 Å². The summed E-state index contributed by atoms with van der Waals surface area (Å²) < 4.78 is 27.9. The van der Waals surface area contributed by atoms with Gasteiger partial charge < -0.3 is 20.6 Å². The fraction of sp³-hybridized carbons (Fsp3) is 0.294. The van der Waals surface area contributed by atoms with Crippen molar-refractivity contribution in [3.05, 3.63) is 131 Å². The Balaban J connectivity index is 1.81. The van der Waals surface area contributed by atoms with Crippen molar-refractivity contribution in [3.63, 3.8) is 0 Å². The molecule has 3 rings (SSSR count). The van der Waals surface area contributed by atoms with Gasteiger partial charge in [0.05, 0.1) is 12.1 Å². The highest BCUT2D eigenvalue weighted by Gasteiger charge is 2.24. The van der Waals surface area contributed by atoms with E-state index in [9.17, 15) is 23.5 Å². The van der Waals surface area contributed by atoms with Crippen molar-refractivity contribution in [2.75, 3.05) is 19.6 Å².